The molecular weight excluding hydrogens is 224 g/mol. The molecule has 0 saturated carbocycles. The van der Waals surface area contributed by atoms with E-state index >= 15 is 0 Å². The summed E-state index contributed by atoms with van der Waals surface area (Å²) in [6, 6.07) is 3.87. The lowest BCUT2D eigenvalue weighted by molar-refractivity contribution is 0.503. The second-order valence-electron chi connectivity index (χ2n) is 4.19. The van der Waals surface area contributed by atoms with Crippen molar-refractivity contribution in [2.24, 2.45) is 5.73 Å². The van der Waals surface area contributed by atoms with Crippen LogP contribution in [0.1, 0.15) is 24.8 Å². The van der Waals surface area contributed by atoms with Crippen molar-refractivity contribution in [3.63, 3.8) is 0 Å². The molecular formula is C12H15ClN2O. The van der Waals surface area contributed by atoms with Crippen LogP contribution in [0.15, 0.2) is 16.5 Å². The maximum atomic E-state index is 5.96. The standard InChI is InChI=1S/C12H15ClN2O/c1-7-5-9(13)6-10-12(7)16-11(15-10)4-3-8(2)14/h5-6,8H,3-4,14H2,1-2H3. The Morgan fingerprint density at radius 3 is 2.94 bits per heavy atom. The molecule has 0 aliphatic carbocycles. The average molecular weight is 239 g/mol. The summed E-state index contributed by atoms with van der Waals surface area (Å²) >= 11 is 5.96. The molecule has 0 aliphatic rings. The molecule has 0 radical (unpaired) electrons. The van der Waals surface area contributed by atoms with Crippen molar-refractivity contribution >= 4 is 22.7 Å². The normalized spacial score (nSPS) is 13.2. The highest BCUT2D eigenvalue weighted by atomic mass is 35.5. The van der Waals surface area contributed by atoms with E-state index in [1.165, 1.54) is 0 Å². The second kappa shape index (κ2) is 4.44. The molecule has 0 amide bonds. The monoisotopic (exact) mass is 238 g/mol. The fraction of sp³-hybridized carbons (Fsp3) is 0.417. The minimum absolute atomic E-state index is 0.166. The molecule has 2 N–H and O–H groups in total. The lowest BCUT2D eigenvalue weighted by Gasteiger charge is -1.99. The largest absolute Gasteiger partial charge is 0.440 e. The lowest BCUT2D eigenvalue weighted by Crippen LogP contribution is -2.15. The van der Waals surface area contributed by atoms with Gasteiger partial charge in [-0.15, -0.1) is 0 Å². The molecule has 0 fully saturated rings. The van der Waals surface area contributed by atoms with E-state index in [1.54, 1.807) is 0 Å². The summed E-state index contributed by atoms with van der Waals surface area (Å²) in [5.74, 6) is 0.734. The Hall–Kier alpha value is -1.06. The zero-order valence-corrected chi connectivity index (χ0v) is 10.2. The number of hydrogen-bond acceptors (Lipinski definition) is 3. The van der Waals surface area contributed by atoms with Crippen molar-refractivity contribution in [3.05, 3.63) is 28.6 Å². The van der Waals surface area contributed by atoms with Crippen molar-refractivity contribution in [1.29, 1.82) is 0 Å². The van der Waals surface area contributed by atoms with Gasteiger partial charge in [-0.05, 0) is 38.0 Å². The highest BCUT2D eigenvalue weighted by Crippen LogP contribution is 2.24. The molecule has 86 valence electrons. The molecule has 2 aromatic rings. The number of aryl methyl sites for hydroxylation is 2. The van der Waals surface area contributed by atoms with Crippen LogP contribution in [0.2, 0.25) is 5.02 Å². The van der Waals surface area contributed by atoms with Gasteiger partial charge in [0.15, 0.2) is 11.5 Å². The fourth-order valence-electron chi connectivity index (χ4n) is 1.66. The Morgan fingerprint density at radius 1 is 1.50 bits per heavy atom. The van der Waals surface area contributed by atoms with Crippen molar-refractivity contribution in [1.82, 2.24) is 4.98 Å². The first-order valence-corrected chi connectivity index (χ1v) is 5.75. The van der Waals surface area contributed by atoms with Crippen molar-refractivity contribution in [2.75, 3.05) is 0 Å². The predicted octanol–water partition coefficient (Wildman–Crippen LogP) is 3.07. The summed E-state index contributed by atoms with van der Waals surface area (Å²) in [7, 11) is 0. The van der Waals surface area contributed by atoms with Gasteiger partial charge in [0.05, 0.1) is 0 Å². The molecule has 1 heterocycles. The number of nitrogens with zero attached hydrogens (tertiary/aromatic N) is 1. The molecule has 16 heavy (non-hydrogen) atoms. The van der Waals surface area contributed by atoms with Crippen LogP contribution >= 0.6 is 11.6 Å². The van der Waals surface area contributed by atoms with E-state index in [9.17, 15) is 0 Å². The smallest absolute Gasteiger partial charge is 0.195 e. The molecule has 1 unspecified atom stereocenters. The van der Waals surface area contributed by atoms with Crippen LogP contribution in [0.5, 0.6) is 0 Å². The Morgan fingerprint density at radius 2 is 2.25 bits per heavy atom. The molecule has 1 aromatic carbocycles. The number of aromatic nitrogens is 1. The van der Waals surface area contributed by atoms with Crippen molar-refractivity contribution in [2.45, 2.75) is 32.7 Å². The SMILES string of the molecule is Cc1cc(Cl)cc2nc(CCC(C)N)oc12. The van der Waals surface area contributed by atoms with Gasteiger partial charge < -0.3 is 10.2 Å². The van der Waals surface area contributed by atoms with Gasteiger partial charge in [-0.25, -0.2) is 4.98 Å². The first-order chi connectivity index (χ1) is 7.56. The zero-order valence-electron chi connectivity index (χ0n) is 9.46. The molecule has 0 bridgehead atoms. The van der Waals surface area contributed by atoms with Gasteiger partial charge in [-0.1, -0.05) is 11.6 Å². The van der Waals surface area contributed by atoms with Crippen LogP contribution in [0.4, 0.5) is 0 Å². The third kappa shape index (κ3) is 2.36. The predicted molar refractivity (Wildman–Crippen MR) is 65.7 cm³/mol. The van der Waals surface area contributed by atoms with Crippen LogP contribution in [0.3, 0.4) is 0 Å². The van der Waals surface area contributed by atoms with Gasteiger partial charge in [-0.2, -0.15) is 0 Å². The molecule has 0 saturated heterocycles. The van der Waals surface area contributed by atoms with Crippen molar-refractivity contribution < 1.29 is 4.42 Å². The van der Waals surface area contributed by atoms with Crippen LogP contribution in [-0.4, -0.2) is 11.0 Å². The highest BCUT2D eigenvalue weighted by molar-refractivity contribution is 6.31. The first-order valence-electron chi connectivity index (χ1n) is 5.37. The summed E-state index contributed by atoms with van der Waals surface area (Å²) in [5.41, 5.74) is 8.36. The van der Waals surface area contributed by atoms with Crippen LogP contribution in [-0.2, 0) is 6.42 Å². The lowest BCUT2D eigenvalue weighted by atomic mass is 10.2. The maximum absolute atomic E-state index is 5.96. The van der Waals surface area contributed by atoms with Gasteiger partial charge in [0.25, 0.3) is 0 Å². The molecule has 1 aromatic heterocycles. The van der Waals surface area contributed by atoms with E-state index in [0.717, 1.165) is 35.4 Å². The summed E-state index contributed by atoms with van der Waals surface area (Å²) < 4.78 is 5.68. The summed E-state index contributed by atoms with van der Waals surface area (Å²) in [6.45, 7) is 3.94. The summed E-state index contributed by atoms with van der Waals surface area (Å²) in [6.07, 6.45) is 1.64. The van der Waals surface area contributed by atoms with Crippen LogP contribution in [0.25, 0.3) is 11.1 Å². The maximum Gasteiger partial charge on any atom is 0.195 e. The third-order valence-corrected chi connectivity index (χ3v) is 2.72. The molecule has 2 rings (SSSR count). The van der Waals surface area contributed by atoms with E-state index in [2.05, 4.69) is 4.98 Å². The van der Waals surface area contributed by atoms with E-state index in [4.69, 9.17) is 21.8 Å². The molecule has 3 nitrogen and oxygen atoms in total. The van der Waals surface area contributed by atoms with Gasteiger partial charge in [0, 0.05) is 17.5 Å². The topological polar surface area (TPSA) is 52.0 Å². The van der Waals surface area contributed by atoms with Crippen molar-refractivity contribution in [3.8, 4) is 0 Å². The number of fused-ring (bicyclic) bond motifs is 1. The minimum Gasteiger partial charge on any atom is -0.440 e. The quantitative estimate of drug-likeness (QED) is 0.894. The molecule has 0 aliphatic heterocycles. The second-order valence-corrected chi connectivity index (χ2v) is 4.63. The van der Waals surface area contributed by atoms with E-state index in [-0.39, 0.29) is 6.04 Å². The minimum atomic E-state index is 0.166. The molecule has 4 heteroatoms. The van der Waals surface area contributed by atoms with E-state index < -0.39 is 0 Å². The van der Waals surface area contributed by atoms with Gasteiger partial charge in [0.2, 0.25) is 0 Å². The fourth-order valence-corrected chi connectivity index (χ4v) is 1.93. The van der Waals surface area contributed by atoms with Crippen LogP contribution in [0, 0.1) is 6.92 Å². The van der Waals surface area contributed by atoms with E-state index in [1.807, 2.05) is 26.0 Å². The number of hydrogen-bond donors (Lipinski definition) is 1. The summed E-state index contributed by atoms with van der Waals surface area (Å²) in [5, 5.41) is 0.692. The zero-order chi connectivity index (χ0) is 11.7. The number of nitrogens with two attached hydrogens (primary N) is 1. The molecule has 1 atom stereocenters. The van der Waals surface area contributed by atoms with Gasteiger partial charge in [-0.3, -0.25) is 0 Å². The Labute approximate surface area is 99.6 Å². The Balaban J connectivity index is 2.33. The number of oxazole rings is 1. The summed E-state index contributed by atoms with van der Waals surface area (Å²) in [4.78, 5) is 4.40. The highest BCUT2D eigenvalue weighted by Gasteiger charge is 2.09. The number of benzene rings is 1. The number of halogens is 1. The van der Waals surface area contributed by atoms with Gasteiger partial charge >= 0.3 is 0 Å². The third-order valence-electron chi connectivity index (χ3n) is 2.50. The number of rotatable bonds is 3. The Kier molecular flexibility index (Phi) is 3.17. The first kappa shape index (κ1) is 11.4. The van der Waals surface area contributed by atoms with Crippen LogP contribution < -0.4 is 5.73 Å². The average Bonchev–Trinajstić information content (AvgIpc) is 2.57. The van der Waals surface area contributed by atoms with E-state index in [0.29, 0.717) is 5.02 Å². The van der Waals surface area contributed by atoms with Gasteiger partial charge in [0.1, 0.15) is 5.52 Å². The Bertz CT molecular complexity index is 505. The molecule has 0 spiro atoms.